The van der Waals surface area contributed by atoms with Crippen molar-refractivity contribution in [3.63, 3.8) is 0 Å². The van der Waals surface area contributed by atoms with Gasteiger partial charge in [0.15, 0.2) is 0 Å². The minimum atomic E-state index is -0.322. The average Bonchev–Trinajstić information content (AvgIpc) is 3.42. The van der Waals surface area contributed by atoms with E-state index < -0.39 is 0 Å². The molecule has 0 unspecified atom stereocenters. The summed E-state index contributed by atoms with van der Waals surface area (Å²) in [5.74, 6) is -0.583. The molecular formula is C25H26F2N2O3. The van der Waals surface area contributed by atoms with E-state index in [-0.39, 0.29) is 42.0 Å². The van der Waals surface area contributed by atoms with Crippen LogP contribution in [0, 0.1) is 23.5 Å². The number of hydroxylamine groups is 2. The van der Waals surface area contributed by atoms with Crippen LogP contribution in [0.5, 0.6) is 0 Å². The number of nitrogens with one attached hydrogen (secondary N) is 1. The molecule has 2 heterocycles. The smallest absolute Gasteiger partial charge is 0.252 e. The molecule has 2 aromatic rings. The van der Waals surface area contributed by atoms with Crippen molar-refractivity contribution in [1.82, 2.24) is 10.4 Å². The fourth-order valence-corrected chi connectivity index (χ4v) is 5.26. The summed E-state index contributed by atoms with van der Waals surface area (Å²) in [6, 6.07) is 9.41. The molecule has 1 atom stereocenters. The van der Waals surface area contributed by atoms with Crippen molar-refractivity contribution in [2.24, 2.45) is 11.8 Å². The molecule has 2 aromatic carbocycles. The summed E-state index contributed by atoms with van der Waals surface area (Å²) < 4.78 is 27.6. The molecule has 1 saturated carbocycles. The molecule has 2 amide bonds. The maximum atomic E-state index is 14.3. The highest BCUT2D eigenvalue weighted by molar-refractivity contribution is 5.98. The zero-order valence-corrected chi connectivity index (χ0v) is 17.8. The fourth-order valence-electron chi connectivity index (χ4n) is 5.26. The molecule has 0 aromatic heterocycles. The van der Waals surface area contributed by atoms with Gasteiger partial charge in [0, 0.05) is 30.0 Å². The number of carbonyl (C=O) groups is 2. The van der Waals surface area contributed by atoms with Gasteiger partial charge in [-0.25, -0.2) is 13.8 Å². The Labute approximate surface area is 185 Å². The Morgan fingerprint density at radius 1 is 1.06 bits per heavy atom. The maximum Gasteiger partial charge on any atom is 0.252 e. The number of halogens is 2. The summed E-state index contributed by atoms with van der Waals surface area (Å²) in [7, 11) is 0. The van der Waals surface area contributed by atoms with E-state index in [9.17, 15) is 18.4 Å². The van der Waals surface area contributed by atoms with Crippen molar-refractivity contribution in [2.45, 2.75) is 51.1 Å². The SMILES string of the molecule is O=C1NCc2c(F)cc(CC3CCC(C(=O)N4OCC[C@H]4c4ccc(F)cc4)CC3)cc21. The van der Waals surface area contributed by atoms with Crippen LogP contribution in [0.4, 0.5) is 8.78 Å². The highest BCUT2D eigenvalue weighted by Gasteiger charge is 2.37. The third kappa shape index (κ3) is 4.01. The van der Waals surface area contributed by atoms with Crippen LogP contribution >= 0.6 is 0 Å². The van der Waals surface area contributed by atoms with Crippen LogP contribution in [0.15, 0.2) is 36.4 Å². The lowest BCUT2D eigenvalue weighted by molar-refractivity contribution is -0.183. The Morgan fingerprint density at radius 2 is 1.81 bits per heavy atom. The summed E-state index contributed by atoms with van der Waals surface area (Å²) in [6.45, 7) is 0.728. The summed E-state index contributed by atoms with van der Waals surface area (Å²) in [4.78, 5) is 30.7. The minimum Gasteiger partial charge on any atom is -0.348 e. The van der Waals surface area contributed by atoms with Gasteiger partial charge < -0.3 is 5.32 Å². The fraction of sp³-hybridized carbons (Fsp3) is 0.440. The number of hydrogen-bond donors (Lipinski definition) is 1. The second-order valence-electron chi connectivity index (χ2n) is 9.06. The highest BCUT2D eigenvalue weighted by atomic mass is 19.1. The topological polar surface area (TPSA) is 58.6 Å². The van der Waals surface area contributed by atoms with Crippen LogP contribution in [0.3, 0.4) is 0 Å². The minimum absolute atomic E-state index is 0.00415. The second-order valence-corrected chi connectivity index (χ2v) is 9.06. The van der Waals surface area contributed by atoms with Gasteiger partial charge in [-0.1, -0.05) is 12.1 Å². The van der Waals surface area contributed by atoms with Gasteiger partial charge in [0.25, 0.3) is 5.91 Å². The van der Waals surface area contributed by atoms with Crippen LogP contribution in [0.1, 0.15) is 65.2 Å². The van der Waals surface area contributed by atoms with E-state index in [1.165, 1.54) is 17.2 Å². The Kier molecular flexibility index (Phi) is 5.67. The van der Waals surface area contributed by atoms with Crippen molar-refractivity contribution in [3.05, 3.63) is 70.3 Å². The molecule has 1 aliphatic carbocycles. The van der Waals surface area contributed by atoms with Gasteiger partial charge in [0.2, 0.25) is 5.91 Å². The van der Waals surface area contributed by atoms with Gasteiger partial charge in [0.05, 0.1) is 12.6 Å². The van der Waals surface area contributed by atoms with Gasteiger partial charge in [-0.3, -0.25) is 14.4 Å². The van der Waals surface area contributed by atoms with Crippen molar-refractivity contribution in [1.29, 1.82) is 0 Å². The van der Waals surface area contributed by atoms with Crippen LogP contribution in [0.2, 0.25) is 0 Å². The molecular weight excluding hydrogens is 414 g/mol. The van der Waals surface area contributed by atoms with Gasteiger partial charge in [-0.05, 0) is 73.4 Å². The monoisotopic (exact) mass is 440 g/mol. The molecule has 3 aliphatic rings. The number of amides is 2. The number of carbonyl (C=O) groups excluding carboxylic acids is 2. The van der Waals surface area contributed by atoms with Gasteiger partial charge in [-0.15, -0.1) is 0 Å². The molecule has 32 heavy (non-hydrogen) atoms. The van der Waals surface area contributed by atoms with E-state index in [2.05, 4.69) is 5.32 Å². The Balaban J connectivity index is 1.20. The van der Waals surface area contributed by atoms with Crippen molar-refractivity contribution >= 4 is 11.8 Å². The van der Waals surface area contributed by atoms with E-state index in [0.29, 0.717) is 36.5 Å². The number of hydrogen-bond acceptors (Lipinski definition) is 3. The largest absolute Gasteiger partial charge is 0.348 e. The van der Waals surface area contributed by atoms with E-state index in [0.717, 1.165) is 36.8 Å². The van der Waals surface area contributed by atoms with Gasteiger partial charge >= 0.3 is 0 Å². The predicted octanol–water partition coefficient (Wildman–Crippen LogP) is 4.46. The van der Waals surface area contributed by atoms with Gasteiger partial charge in [0.1, 0.15) is 11.6 Å². The highest BCUT2D eigenvalue weighted by Crippen LogP contribution is 2.37. The zero-order chi connectivity index (χ0) is 22.2. The first-order valence-corrected chi connectivity index (χ1v) is 11.3. The molecule has 2 aliphatic heterocycles. The van der Waals surface area contributed by atoms with E-state index >= 15 is 0 Å². The summed E-state index contributed by atoms with van der Waals surface area (Å²) in [6.07, 6.45) is 4.66. The first kappa shape index (κ1) is 21.1. The Morgan fingerprint density at radius 3 is 2.56 bits per heavy atom. The van der Waals surface area contributed by atoms with Crippen LogP contribution < -0.4 is 5.32 Å². The summed E-state index contributed by atoms with van der Waals surface area (Å²) in [5.41, 5.74) is 2.62. The van der Waals surface area contributed by atoms with Crippen LogP contribution in [-0.4, -0.2) is 23.5 Å². The lowest BCUT2D eigenvalue weighted by atomic mass is 9.78. The standard InChI is InChI=1S/C25H26F2N2O3/c26-19-7-5-17(6-8-19)23-9-10-32-29(23)25(31)18-3-1-15(2-4-18)11-16-12-20-21(22(27)13-16)14-28-24(20)30/h5-8,12-13,15,18,23H,1-4,9-11,14H2,(H,28,30)/t15?,18?,23-/m0/s1. The maximum absolute atomic E-state index is 14.3. The normalized spacial score (nSPS) is 25.0. The lowest BCUT2D eigenvalue weighted by Crippen LogP contribution is -2.36. The van der Waals surface area contributed by atoms with E-state index in [4.69, 9.17) is 4.84 Å². The molecule has 168 valence electrons. The molecule has 0 spiro atoms. The van der Waals surface area contributed by atoms with E-state index in [1.807, 2.05) is 6.07 Å². The van der Waals surface area contributed by atoms with Crippen molar-refractivity contribution in [3.8, 4) is 0 Å². The first-order valence-electron chi connectivity index (χ1n) is 11.3. The Hall–Kier alpha value is -2.80. The molecule has 0 radical (unpaired) electrons. The zero-order valence-electron chi connectivity index (χ0n) is 17.8. The summed E-state index contributed by atoms with van der Waals surface area (Å²) >= 11 is 0. The molecule has 0 bridgehead atoms. The third-order valence-electron chi connectivity index (χ3n) is 7.02. The summed E-state index contributed by atoms with van der Waals surface area (Å²) in [5, 5.41) is 4.16. The van der Waals surface area contributed by atoms with Crippen LogP contribution in [-0.2, 0) is 22.6 Å². The van der Waals surface area contributed by atoms with E-state index in [1.54, 1.807) is 18.2 Å². The molecule has 5 rings (SSSR count). The number of benzene rings is 2. The molecule has 7 heteroatoms. The Bertz CT molecular complexity index is 1030. The lowest BCUT2D eigenvalue weighted by Gasteiger charge is -2.32. The average molecular weight is 440 g/mol. The first-order chi connectivity index (χ1) is 15.5. The van der Waals surface area contributed by atoms with Crippen molar-refractivity contribution in [2.75, 3.05) is 6.61 Å². The quantitative estimate of drug-likeness (QED) is 0.764. The molecule has 2 fully saturated rings. The number of nitrogens with zero attached hydrogens (tertiary/aromatic N) is 1. The molecule has 1 saturated heterocycles. The molecule has 1 N–H and O–H groups in total. The van der Waals surface area contributed by atoms with Gasteiger partial charge in [-0.2, -0.15) is 0 Å². The number of rotatable bonds is 4. The molecule has 5 nitrogen and oxygen atoms in total. The number of fused-ring (bicyclic) bond motifs is 1. The van der Waals surface area contributed by atoms with Crippen molar-refractivity contribution < 1.29 is 23.2 Å². The third-order valence-corrected chi connectivity index (χ3v) is 7.02. The van der Waals surface area contributed by atoms with Crippen LogP contribution in [0.25, 0.3) is 0 Å². The predicted molar refractivity (Wildman–Crippen MR) is 113 cm³/mol. The second kappa shape index (κ2) is 8.62.